The van der Waals surface area contributed by atoms with E-state index in [2.05, 4.69) is 4.74 Å². The molecule has 0 radical (unpaired) electrons. The van der Waals surface area contributed by atoms with Crippen LogP contribution in [0, 0.1) is 5.92 Å². The predicted octanol–water partition coefficient (Wildman–Crippen LogP) is 1.27. The highest BCUT2D eigenvalue weighted by atomic mass is 32.2. The van der Waals surface area contributed by atoms with Crippen molar-refractivity contribution in [3.8, 4) is 0 Å². The third-order valence-corrected chi connectivity index (χ3v) is 3.68. The molecular formula is C9H15F2NO2S. The second-order valence-electron chi connectivity index (χ2n) is 3.56. The van der Waals surface area contributed by atoms with Gasteiger partial charge in [0.25, 0.3) is 5.92 Å². The van der Waals surface area contributed by atoms with E-state index in [1.165, 1.54) is 0 Å². The molecule has 1 saturated heterocycles. The van der Waals surface area contributed by atoms with Crippen molar-refractivity contribution in [1.82, 2.24) is 0 Å². The van der Waals surface area contributed by atoms with Crippen LogP contribution in [0.3, 0.4) is 0 Å². The van der Waals surface area contributed by atoms with Crippen molar-refractivity contribution < 1.29 is 18.3 Å². The van der Waals surface area contributed by atoms with Crippen LogP contribution in [-0.2, 0) is 9.53 Å². The summed E-state index contributed by atoms with van der Waals surface area (Å²) in [7, 11) is 1.06. The predicted molar refractivity (Wildman–Crippen MR) is 55.0 cm³/mol. The van der Waals surface area contributed by atoms with Gasteiger partial charge in [0.2, 0.25) is 0 Å². The summed E-state index contributed by atoms with van der Waals surface area (Å²) in [5, 5.41) is 0. The smallest absolute Gasteiger partial charge is 0.328 e. The van der Waals surface area contributed by atoms with Gasteiger partial charge in [-0.1, -0.05) is 0 Å². The topological polar surface area (TPSA) is 52.3 Å². The van der Waals surface area contributed by atoms with E-state index in [4.69, 9.17) is 5.73 Å². The van der Waals surface area contributed by atoms with Gasteiger partial charge in [0.15, 0.2) is 6.04 Å². The molecule has 1 aliphatic heterocycles. The Morgan fingerprint density at radius 1 is 1.53 bits per heavy atom. The van der Waals surface area contributed by atoms with Gasteiger partial charge < -0.3 is 10.5 Å². The molecule has 0 amide bonds. The quantitative estimate of drug-likeness (QED) is 0.753. The van der Waals surface area contributed by atoms with Crippen LogP contribution in [0.2, 0.25) is 0 Å². The summed E-state index contributed by atoms with van der Waals surface area (Å²) in [4.78, 5) is 11.0. The van der Waals surface area contributed by atoms with Gasteiger partial charge in [0.05, 0.1) is 7.11 Å². The van der Waals surface area contributed by atoms with E-state index in [-0.39, 0.29) is 0 Å². The van der Waals surface area contributed by atoms with Gasteiger partial charge in [0.1, 0.15) is 0 Å². The Balaban J connectivity index is 2.66. The molecule has 1 unspecified atom stereocenters. The molecule has 0 saturated carbocycles. The van der Waals surface area contributed by atoms with E-state index >= 15 is 0 Å². The fourth-order valence-corrected chi connectivity index (χ4v) is 2.73. The third kappa shape index (κ3) is 2.81. The number of halogens is 2. The maximum Gasteiger partial charge on any atom is 0.328 e. The molecule has 1 fully saturated rings. The third-order valence-electron chi connectivity index (χ3n) is 2.64. The van der Waals surface area contributed by atoms with Crippen LogP contribution in [0.4, 0.5) is 8.78 Å². The SMILES string of the molecule is COC(=O)C(N)C(F)(F)C1CCSCC1. The first kappa shape index (κ1) is 12.7. The minimum atomic E-state index is -3.16. The molecule has 0 aliphatic carbocycles. The molecule has 1 atom stereocenters. The highest BCUT2D eigenvalue weighted by Crippen LogP contribution is 2.37. The number of carbonyl (C=O) groups excluding carboxylic acids is 1. The molecule has 1 heterocycles. The molecule has 2 N–H and O–H groups in total. The molecule has 0 aromatic rings. The zero-order valence-electron chi connectivity index (χ0n) is 8.54. The molecular weight excluding hydrogens is 224 g/mol. The average Bonchev–Trinajstić information content (AvgIpc) is 2.28. The fourth-order valence-electron chi connectivity index (χ4n) is 1.62. The van der Waals surface area contributed by atoms with Crippen molar-refractivity contribution in [2.24, 2.45) is 11.7 Å². The van der Waals surface area contributed by atoms with E-state index in [0.29, 0.717) is 24.3 Å². The maximum atomic E-state index is 13.7. The zero-order chi connectivity index (χ0) is 11.5. The Labute approximate surface area is 91.7 Å². The number of hydrogen-bond acceptors (Lipinski definition) is 4. The van der Waals surface area contributed by atoms with E-state index in [9.17, 15) is 13.6 Å². The molecule has 3 nitrogen and oxygen atoms in total. The van der Waals surface area contributed by atoms with Gasteiger partial charge >= 0.3 is 5.97 Å². The van der Waals surface area contributed by atoms with E-state index in [0.717, 1.165) is 7.11 Å². The van der Waals surface area contributed by atoms with Crippen molar-refractivity contribution >= 4 is 17.7 Å². The monoisotopic (exact) mass is 239 g/mol. The van der Waals surface area contributed by atoms with Gasteiger partial charge in [-0.15, -0.1) is 0 Å². The summed E-state index contributed by atoms with van der Waals surface area (Å²) < 4.78 is 31.7. The Hall–Kier alpha value is -0.360. The number of thioether (sulfide) groups is 1. The van der Waals surface area contributed by atoms with Crippen molar-refractivity contribution in [1.29, 1.82) is 0 Å². The first-order valence-corrected chi connectivity index (χ1v) is 5.94. The summed E-state index contributed by atoms with van der Waals surface area (Å²) in [5.74, 6) is -3.60. The van der Waals surface area contributed by atoms with Crippen molar-refractivity contribution in [2.75, 3.05) is 18.6 Å². The molecule has 1 aliphatic rings. The maximum absolute atomic E-state index is 13.7. The molecule has 88 valence electrons. The van der Waals surface area contributed by atoms with Crippen molar-refractivity contribution in [2.45, 2.75) is 24.8 Å². The lowest BCUT2D eigenvalue weighted by Crippen LogP contribution is -2.52. The lowest BCUT2D eigenvalue weighted by atomic mass is 9.90. The van der Waals surface area contributed by atoms with Crippen molar-refractivity contribution in [3.05, 3.63) is 0 Å². The van der Waals surface area contributed by atoms with E-state index < -0.39 is 23.9 Å². The zero-order valence-corrected chi connectivity index (χ0v) is 9.36. The van der Waals surface area contributed by atoms with Crippen LogP contribution in [0.25, 0.3) is 0 Å². The molecule has 0 aromatic heterocycles. The standard InChI is InChI=1S/C9H15F2NO2S/c1-14-8(13)7(12)9(10,11)6-2-4-15-5-3-6/h6-7H,2-5,12H2,1H3. The van der Waals surface area contributed by atoms with Crippen LogP contribution in [0.15, 0.2) is 0 Å². The molecule has 0 spiro atoms. The number of hydrogen-bond donors (Lipinski definition) is 1. The summed E-state index contributed by atoms with van der Waals surface area (Å²) >= 11 is 1.65. The molecule has 6 heteroatoms. The number of alkyl halides is 2. The summed E-state index contributed by atoms with van der Waals surface area (Å²) in [5.41, 5.74) is 5.21. The lowest BCUT2D eigenvalue weighted by Gasteiger charge is -2.32. The Kier molecular flexibility index (Phi) is 4.33. The van der Waals surface area contributed by atoms with Gasteiger partial charge in [-0.25, -0.2) is 8.78 Å². The first-order valence-electron chi connectivity index (χ1n) is 4.79. The van der Waals surface area contributed by atoms with Gasteiger partial charge in [0, 0.05) is 5.92 Å². The van der Waals surface area contributed by atoms with Gasteiger partial charge in [-0.05, 0) is 24.3 Å². The number of nitrogens with two attached hydrogens (primary N) is 1. The number of ether oxygens (including phenoxy) is 1. The summed E-state index contributed by atoms with van der Waals surface area (Å²) in [6.07, 6.45) is 0.810. The number of esters is 1. The second kappa shape index (κ2) is 5.12. The van der Waals surface area contributed by atoms with Crippen LogP contribution in [0.5, 0.6) is 0 Å². The van der Waals surface area contributed by atoms with Crippen LogP contribution in [-0.4, -0.2) is 36.5 Å². The second-order valence-corrected chi connectivity index (χ2v) is 4.79. The summed E-state index contributed by atoms with van der Waals surface area (Å²) in [6, 6.07) is -1.84. The van der Waals surface area contributed by atoms with E-state index in [1.54, 1.807) is 11.8 Å². The average molecular weight is 239 g/mol. The van der Waals surface area contributed by atoms with Gasteiger partial charge in [-0.3, -0.25) is 4.79 Å². The van der Waals surface area contributed by atoms with E-state index in [1.807, 2.05) is 0 Å². The highest BCUT2D eigenvalue weighted by molar-refractivity contribution is 7.99. The molecule has 1 rings (SSSR count). The first-order chi connectivity index (χ1) is 7.00. The summed E-state index contributed by atoms with van der Waals surface area (Å²) in [6.45, 7) is 0. The molecule has 0 bridgehead atoms. The number of carbonyl (C=O) groups is 1. The number of rotatable bonds is 3. The normalized spacial score (nSPS) is 21.1. The van der Waals surface area contributed by atoms with Crippen molar-refractivity contribution in [3.63, 3.8) is 0 Å². The lowest BCUT2D eigenvalue weighted by molar-refractivity contribution is -0.158. The minimum Gasteiger partial charge on any atom is -0.468 e. The number of methoxy groups -OCH3 is 1. The minimum absolute atomic E-state index is 0.405. The molecule has 15 heavy (non-hydrogen) atoms. The van der Waals surface area contributed by atoms with Gasteiger partial charge in [-0.2, -0.15) is 11.8 Å². The largest absolute Gasteiger partial charge is 0.468 e. The molecule has 0 aromatic carbocycles. The fraction of sp³-hybridized carbons (Fsp3) is 0.889. The van der Waals surface area contributed by atoms with Crippen LogP contribution in [0.1, 0.15) is 12.8 Å². The Bertz CT molecular complexity index is 232. The van der Waals surface area contributed by atoms with Crippen LogP contribution >= 0.6 is 11.8 Å². The van der Waals surface area contributed by atoms with Crippen LogP contribution < -0.4 is 5.73 Å². The Morgan fingerprint density at radius 2 is 2.07 bits per heavy atom. The highest BCUT2D eigenvalue weighted by Gasteiger charge is 2.49. The Morgan fingerprint density at radius 3 is 2.53 bits per heavy atom.